The van der Waals surface area contributed by atoms with Gasteiger partial charge in [0.1, 0.15) is 0 Å². The second-order valence-electron chi connectivity index (χ2n) is 4.97. The molecule has 0 aromatic rings. The SMILES string of the molecule is C1CCCC2(CC1)CCCCC2.CC. The van der Waals surface area contributed by atoms with Crippen LogP contribution in [0.1, 0.15) is 84.5 Å². The Hall–Kier alpha value is 0. The van der Waals surface area contributed by atoms with E-state index in [-0.39, 0.29) is 0 Å². The van der Waals surface area contributed by atoms with Crippen LogP contribution in [0.2, 0.25) is 0 Å². The minimum absolute atomic E-state index is 0.842. The first kappa shape index (κ1) is 12.1. The largest absolute Gasteiger partial charge is 0.0683 e. The zero-order chi connectivity index (χ0) is 10.3. The summed E-state index contributed by atoms with van der Waals surface area (Å²) in [5, 5.41) is 0. The fourth-order valence-electron chi connectivity index (χ4n) is 3.28. The lowest BCUT2D eigenvalue weighted by Crippen LogP contribution is -2.22. The lowest BCUT2D eigenvalue weighted by molar-refractivity contribution is 0.161. The third-order valence-corrected chi connectivity index (χ3v) is 4.08. The average Bonchev–Trinajstić information content (AvgIpc) is 2.48. The van der Waals surface area contributed by atoms with Crippen LogP contribution >= 0.6 is 0 Å². The standard InChI is InChI=1S/C12H22.C2H6/c1-2-5-9-12(8-4-1)10-6-3-7-11-12;1-2/h1-11H2;1-2H3. The summed E-state index contributed by atoms with van der Waals surface area (Å²) in [6.07, 6.45) is 16.9. The molecule has 0 N–H and O–H groups in total. The second kappa shape index (κ2) is 6.48. The Balaban J connectivity index is 0.000000461. The van der Waals surface area contributed by atoms with Gasteiger partial charge < -0.3 is 0 Å². The van der Waals surface area contributed by atoms with Gasteiger partial charge in [-0.15, -0.1) is 0 Å². The van der Waals surface area contributed by atoms with E-state index < -0.39 is 0 Å². The van der Waals surface area contributed by atoms with E-state index in [1.165, 1.54) is 44.9 Å². The maximum atomic E-state index is 2.00. The van der Waals surface area contributed by atoms with Gasteiger partial charge in [-0.25, -0.2) is 0 Å². The predicted molar refractivity (Wildman–Crippen MR) is 64.6 cm³/mol. The molecule has 0 aromatic carbocycles. The van der Waals surface area contributed by atoms with Crippen molar-refractivity contribution in [3.8, 4) is 0 Å². The summed E-state index contributed by atoms with van der Waals surface area (Å²) in [7, 11) is 0. The summed E-state index contributed by atoms with van der Waals surface area (Å²) in [4.78, 5) is 0. The third-order valence-electron chi connectivity index (χ3n) is 4.08. The molecule has 0 aliphatic heterocycles. The molecule has 0 saturated heterocycles. The Kier molecular flexibility index (Phi) is 5.59. The number of hydrogen-bond acceptors (Lipinski definition) is 0. The van der Waals surface area contributed by atoms with Crippen molar-refractivity contribution in [2.75, 3.05) is 0 Å². The third kappa shape index (κ3) is 3.29. The van der Waals surface area contributed by atoms with Gasteiger partial charge in [-0.2, -0.15) is 0 Å². The molecule has 14 heavy (non-hydrogen) atoms. The van der Waals surface area contributed by atoms with Gasteiger partial charge in [0.25, 0.3) is 0 Å². The first-order chi connectivity index (χ1) is 6.91. The van der Waals surface area contributed by atoms with Crippen molar-refractivity contribution in [3.05, 3.63) is 0 Å². The minimum atomic E-state index is 0.842. The van der Waals surface area contributed by atoms with Crippen molar-refractivity contribution in [1.82, 2.24) is 0 Å². The zero-order valence-corrected chi connectivity index (χ0v) is 10.3. The van der Waals surface area contributed by atoms with Crippen LogP contribution < -0.4 is 0 Å². The normalized spacial score (nSPS) is 26.1. The molecule has 0 nitrogen and oxygen atoms in total. The van der Waals surface area contributed by atoms with E-state index in [0.717, 1.165) is 5.41 Å². The van der Waals surface area contributed by atoms with Gasteiger partial charge >= 0.3 is 0 Å². The summed E-state index contributed by atoms with van der Waals surface area (Å²) in [6, 6.07) is 0. The molecule has 0 bridgehead atoms. The topological polar surface area (TPSA) is 0 Å². The van der Waals surface area contributed by atoms with E-state index in [9.17, 15) is 0 Å². The van der Waals surface area contributed by atoms with Crippen LogP contribution in [0.5, 0.6) is 0 Å². The lowest BCUT2D eigenvalue weighted by atomic mass is 9.69. The first-order valence-corrected chi connectivity index (χ1v) is 6.91. The zero-order valence-electron chi connectivity index (χ0n) is 10.3. The molecule has 1 spiro atoms. The molecular weight excluding hydrogens is 168 g/mol. The summed E-state index contributed by atoms with van der Waals surface area (Å²) < 4.78 is 0. The molecule has 0 atom stereocenters. The highest BCUT2D eigenvalue weighted by atomic mass is 14.4. The highest BCUT2D eigenvalue weighted by Gasteiger charge is 2.31. The summed E-state index contributed by atoms with van der Waals surface area (Å²) in [5.74, 6) is 0. The van der Waals surface area contributed by atoms with Crippen molar-refractivity contribution >= 4 is 0 Å². The van der Waals surface area contributed by atoms with Crippen LogP contribution in [-0.4, -0.2) is 0 Å². The quantitative estimate of drug-likeness (QED) is 0.492. The van der Waals surface area contributed by atoms with Gasteiger partial charge in [-0.1, -0.05) is 58.8 Å². The monoisotopic (exact) mass is 196 g/mol. The highest BCUT2D eigenvalue weighted by molar-refractivity contribution is 4.84. The van der Waals surface area contributed by atoms with Crippen LogP contribution in [-0.2, 0) is 0 Å². The van der Waals surface area contributed by atoms with E-state index in [1.54, 1.807) is 25.7 Å². The van der Waals surface area contributed by atoms with Crippen LogP contribution in [0.3, 0.4) is 0 Å². The van der Waals surface area contributed by atoms with E-state index in [1.807, 2.05) is 13.8 Å². The van der Waals surface area contributed by atoms with Gasteiger partial charge in [-0.05, 0) is 31.1 Å². The average molecular weight is 196 g/mol. The number of rotatable bonds is 0. The lowest BCUT2D eigenvalue weighted by Gasteiger charge is -2.36. The molecule has 0 aromatic heterocycles. The van der Waals surface area contributed by atoms with Crippen molar-refractivity contribution in [1.29, 1.82) is 0 Å². The van der Waals surface area contributed by atoms with Gasteiger partial charge in [0.2, 0.25) is 0 Å². The van der Waals surface area contributed by atoms with Crippen LogP contribution in [0.15, 0.2) is 0 Å². The minimum Gasteiger partial charge on any atom is -0.0683 e. The van der Waals surface area contributed by atoms with E-state index in [4.69, 9.17) is 0 Å². The van der Waals surface area contributed by atoms with Gasteiger partial charge in [0.05, 0.1) is 0 Å². The maximum absolute atomic E-state index is 2.00. The maximum Gasteiger partial charge on any atom is -0.0297 e. The molecule has 2 aliphatic carbocycles. The van der Waals surface area contributed by atoms with Crippen molar-refractivity contribution in [2.45, 2.75) is 84.5 Å². The van der Waals surface area contributed by atoms with Crippen LogP contribution in [0.4, 0.5) is 0 Å². The van der Waals surface area contributed by atoms with Crippen molar-refractivity contribution < 1.29 is 0 Å². The predicted octanol–water partition coefficient (Wildman–Crippen LogP) is 5.32. The fraction of sp³-hybridized carbons (Fsp3) is 1.00. The van der Waals surface area contributed by atoms with Gasteiger partial charge in [0, 0.05) is 0 Å². The summed E-state index contributed by atoms with van der Waals surface area (Å²) in [5.41, 5.74) is 0.842. The Labute approximate surface area is 90.5 Å². The van der Waals surface area contributed by atoms with Gasteiger partial charge in [0.15, 0.2) is 0 Å². The van der Waals surface area contributed by atoms with E-state index in [2.05, 4.69) is 0 Å². The smallest absolute Gasteiger partial charge is 0.0297 e. The molecule has 2 fully saturated rings. The Morgan fingerprint density at radius 3 is 1.14 bits per heavy atom. The first-order valence-electron chi connectivity index (χ1n) is 6.91. The van der Waals surface area contributed by atoms with Crippen molar-refractivity contribution in [3.63, 3.8) is 0 Å². The fourth-order valence-corrected chi connectivity index (χ4v) is 3.28. The Morgan fingerprint density at radius 2 is 0.786 bits per heavy atom. The Morgan fingerprint density at radius 1 is 0.500 bits per heavy atom. The van der Waals surface area contributed by atoms with Crippen LogP contribution in [0.25, 0.3) is 0 Å². The van der Waals surface area contributed by atoms with Crippen molar-refractivity contribution in [2.24, 2.45) is 5.41 Å². The summed E-state index contributed by atoms with van der Waals surface area (Å²) >= 11 is 0. The molecule has 2 rings (SSSR count). The molecule has 2 saturated carbocycles. The molecular formula is C14H28. The molecule has 84 valence electrons. The molecule has 0 radical (unpaired) electrons. The van der Waals surface area contributed by atoms with Crippen LogP contribution in [0, 0.1) is 5.41 Å². The molecule has 0 amide bonds. The highest BCUT2D eigenvalue weighted by Crippen LogP contribution is 2.46. The Bertz CT molecular complexity index is 121. The molecule has 2 aliphatic rings. The number of hydrogen-bond donors (Lipinski definition) is 0. The molecule has 0 heteroatoms. The summed E-state index contributed by atoms with van der Waals surface area (Å²) in [6.45, 7) is 4.00. The van der Waals surface area contributed by atoms with E-state index in [0.29, 0.717) is 0 Å². The van der Waals surface area contributed by atoms with Gasteiger partial charge in [-0.3, -0.25) is 0 Å². The second-order valence-corrected chi connectivity index (χ2v) is 4.97. The van der Waals surface area contributed by atoms with E-state index >= 15 is 0 Å². The molecule has 0 heterocycles. The molecule has 0 unspecified atom stereocenters.